The minimum Gasteiger partial charge on any atom is -0.378 e. The summed E-state index contributed by atoms with van der Waals surface area (Å²) >= 11 is 5.72. The van der Waals surface area contributed by atoms with Crippen LogP contribution in [0.4, 0.5) is 8.78 Å². The largest absolute Gasteiger partial charge is 0.378 e. The molecule has 3 unspecified atom stereocenters. The Morgan fingerprint density at radius 2 is 1.85 bits per heavy atom. The van der Waals surface area contributed by atoms with Crippen molar-refractivity contribution in [3.63, 3.8) is 0 Å². The highest BCUT2D eigenvalue weighted by molar-refractivity contribution is 7.89. The maximum absolute atomic E-state index is 14.6. The van der Waals surface area contributed by atoms with Crippen LogP contribution in [0, 0.1) is 5.92 Å². The van der Waals surface area contributed by atoms with Crippen molar-refractivity contribution in [3.8, 4) is 0 Å². The molecule has 0 aliphatic carbocycles. The normalized spacial score (nSPS) is 21.6. The number of nitrogens with zero attached hydrogens (tertiary/aromatic N) is 2. The Labute approximate surface area is 203 Å². The molecule has 0 saturated carbocycles. The van der Waals surface area contributed by atoms with Gasteiger partial charge in [0.1, 0.15) is 17.8 Å². The molecular weight excluding hydrogens is 492 g/mol. The number of nitrogens with one attached hydrogen (secondary N) is 1. The predicted molar refractivity (Wildman–Crippen MR) is 123 cm³/mol. The standard InChI is InChI=1S/C22H30ClF2N3O5S/c1-3-15(2)19(21(30)27-10-12-33-13-11-27)28-9-8-18(20(28)29)26-34(31,32)14-22(24,25)16-4-6-17(23)7-5-16/h4-7,15,18-19,26H,3,8-14H2,1-2H3. The van der Waals surface area contributed by atoms with Crippen LogP contribution in [0.5, 0.6) is 0 Å². The first-order valence-corrected chi connectivity index (χ1v) is 13.3. The van der Waals surface area contributed by atoms with Crippen LogP contribution >= 0.6 is 11.6 Å². The van der Waals surface area contributed by atoms with Crippen molar-refractivity contribution in [3.05, 3.63) is 34.9 Å². The third-order valence-corrected chi connectivity index (χ3v) is 7.93. The number of sulfonamides is 1. The van der Waals surface area contributed by atoms with E-state index in [0.29, 0.717) is 32.7 Å². The lowest BCUT2D eigenvalue weighted by atomic mass is 9.96. The number of halogens is 3. The van der Waals surface area contributed by atoms with Crippen molar-refractivity contribution in [1.29, 1.82) is 0 Å². The summed E-state index contributed by atoms with van der Waals surface area (Å²) in [5, 5.41) is 0.250. The van der Waals surface area contributed by atoms with Crippen LogP contribution in [0.15, 0.2) is 24.3 Å². The highest BCUT2D eigenvalue weighted by atomic mass is 35.5. The van der Waals surface area contributed by atoms with Crippen LogP contribution in [-0.4, -0.2) is 80.7 Å². The number of amides is 2. The second-order valence-electron chi connectivity index (χ2n) is 8.73. The lowest BCUT2D eigenvalue weighted by Crippen LogP contribution is -2.56. The Kier molecular flexibility index (Phi) is 8.54. The first kappa shape index (κ1) is 26.8. The molecule has 1 aromatic carbocycles. The summed E-state index contributed by atoms with van der Waals surface area (Å²) in [4.78, 5) is 29.4. The Balaban J connectivity index is 1.71. The van der Waals surface area contributed by atoms with Crippen molar-refractivity contribution in [1.82, 2.24) is 14.5 Å². The van der Waals surface area contributed by atoms with E-state index in [2.05, 4.69) is 4.72 Å². The molecule has 1 aromatic rings. The molecule has 8 nitrogen and oxygen atoms in total. The SMILES string of the molecule is CCC(C)C(C(=O)N1CCOCC1)N1CCC(NS(=O)(=O)CC(F)(F)c2ccc(Cl)cc2)C1=O. The van der Waals surface area contributed by atoms with Gasteiger partial charge in [0.25, 0.3) is 5.92 Å². The van der Waals surface area contributed by atoms with Gasteiger partial charge >= 0.3 is 0 Å². The zero-order chi connectivity index (χ0) is 25.1. The zero-order valence-electron chi connectivity index (χ0n) is 19.2. The van der Waals surface area contributed by atoms with E-state index in [9.17, 15) is 26.8 Å². The van der Waals surface area contributed by atoms with Gasteiger partial charge in [0.15, 0.2) is 0 Å². The Morgan fingerprint density at radius 1 is 1.24 bits per heavy atom. The number of likely N-dealkylation sites (tertiary alicyclic amines) is 1. The molecule has 12 heteroatoms. The van der Waals surface area contributed by atoms with E-state index in [0.717, 1.165) is 12.1 Å². The Bertz CT molecular complexity index is 987. The van der Waals surface area contributed by atoms with Gasteiger partial charge in [-0.3, -0.25) is 9.59 Å². The lowest BCUT2D eigenvalue weighted by molar-refractivity contribution is -0.149. The van der Waals surface area contributed by atoms with Gasteiger partial charge in [-0.05, 0) is 24.5 Å². The van der Waals surface area contributed by atoms with Gasteiger partial charge < -0.3 is 14.5 Å². The maximum Gasteiger partial charge on any atom is 0.288 e. The Hall–Kier alpha value is -1.82. The number of morpholine rings is 1. The molecule has 0 aromatic heterocycles. The smallest absolute Gasteiger partial charge is 0.288 e. The highest BCUT2D eigenvalue weighted by Gasteiger charge is 2.45. The lowest BCUT2D eigenvalue weighted by Gasteiger charge is -2.37. The van der Waals surface area contributed by atoms with Crippen molar-refractivity contribution in [2.45, 2.75) is 44.7 Å². The van der Waals surface area contributed by atoms with Crippen LogP contribution in [0.2, 0.25) is 5.02 Å². The van der Waals surface area contributed by atoms with Gasteiger partial charge in [-0.1, -0.05) is 44.0 Å². The molecule has 2 saturated heterocycles. The first-order chi connectivity index (χ1) is 15.9. The second-order valence-corrected chi connectivity index (χ2v) is 10.9. The van der Waals surface area contributed by atoms with Gasteiger partial charge in [0.2, 0.25) is 21.8 Å². The zero-order valence-corrected chi connectivity index (χ0v) is 20.7. The molecule has 190 valence electrons. The van der Waals surface area contributed by atoms with E-state index >= 15 is 0 Å². The molecule has 1 N–H and O–H groups in total. The highest BCUT2D eigenvalue weighted by Crippen LogP contribution is 2.31. The summed E-state index contributed by atoms with van der Waals surface area (Å²) in [5.74, 6) is -6.13. The number of benzene rings is 1. The quantitative estimate of drug-likeness (QED) is 0.537. The number of carbonyl (C=O) groups is 2. The molecule has 3 rings (SSSR count). The van der Waals surface area contributed by atoms with Gasteiger partial charge in [0, 0.05) is 30.2 Å². The minimum atomic E-state index is -4.52. The molecule has 2 heterocycles. The maximum atomic E-state index is 14.6. The van der Waals surface area contributed by atoms with Gasteiger partial charge in [-0.2, -0.15) is 0 Å². The predicted octanol–water partition coefficient (Wildman–Crippen LogP) is 2.23. The summed E-state index contributed by atoms with van der Waals surface area (Å²) in [5.41, 5.74) is -0.491. The number of carbonyl (C=O) groups excluding carboxylic acids is 2. The summed E-state index contributed by atoms with van der Waals surface area (Å²) in [7, 11) is -4.52. The van der Waals surface area contributed by atoms with Crippen LogP contribution in [0.3, 0.4) is 0 Å². The average molecular weight is 522 g/mol. The first-order valence-electron chi connectivity index (χ1n) is 11.3. The van der Waals surface area contributed by atoms with Crippen molar-refractivity contribution >= 4 is 33.4 Å². The van der Waals surface area contributed by atoms with Crippen LogP contribution in [0.25, 0.3) is 0 Å². The number of hydrogen-bond acceptors (Lipinski definition) is 5. The fraction of sp³-hybridized carbons (Fsp3) is 0.636. The summed E-state index contributed by atoms with van der Waals surface area (Å²) in [6.07, 6.45) is 0.724. The number of rotatable bonds is 9. The van der Waals surface area contributed by atoms with E-state index in [1.807, 2.05) is 13.8 Å². The van der Waals surface area contributed by atoms with Gasteiger partial charge in [-0.15, -0.1) is 0 Å². The molecule has 2 aliphatic heterocycles. The third-order valence-electron chi connectivity index (χ3n) is 6.29. The van der Waals surface area contributed by atoms with E-state index in [4.69, 9.17) is 16.3 Å². The molecule has 2 amide bonds. The van der Waals surface area contributed by atoms with Crippen molar-refractivity contribution in [2.24, 2.45) is 5.92 Å². The van der Waals surface area contributed by atoms with Crippen molar-refractivity contribution in [2.75, 3.05) is 38.6 Å². The van der Waals surface area contributed by atoms with Crippen molar-refractivity contribution < 1.29 is 31.5 Å². The van der Waals surface area contributed by atoms with E-state index in [-0.39, 0.29) is 29.8 Å². The second kappa shape index (κ2) is 10.8. The summed E-state index contributed by atoms with van der Waals surface area (Å²) < 4.78 is 61.8. The van der Waals surface area contributed by atoms with Gasteiger partial charge in [0.05, 0.1) is 13.2 Å². The number of hydrogen-bond donors (Lipinski definition) is 1. The van der Waals surface area contributed by atoms with Crippen LogP contribution in [0.1, 0.15) is 32.3 Å². The molecule has 0 bridgehead atoms. The molecule has 0 spiro atoms. The minimum absolute atomic E-state index is 0.0912. The summed E-state index contributed by atoms with van der Waals surface area (Å²) in [6.45, 7) is 5.59. The van der Waals surface area contributed by atoms with E-state index < -0.39 is 45.3 Å². The molecule has 0 radical (unpaired) electrons. The van der Waals surface area contributed by atoms with E-state index in [1.165, 1.54) is 17.0 Å². The average Bonchev–Trinajstić information content (AvgIpc) is 3.13. The molecule has 2 aliphatic rings. The van der Waals surface area contributed by atoms with E-state index in [1.54, 1.807) is 4.90 Å². The van der Waals surface area contributed by atoms with Crippen LogP contribution in [-0.2, 0) is 30.3 Å². The van der Waals surface area contributed by atoms with Gasteiger partial charge in [-0.25, -0.2) is 21.9 Å². The summed E-state index contributed by atoms with van der Waals surface area (Å²) in [6, 6.07) is 2.69. The van der Waals surface area contributed by atoms with Crippen LogP contribution < -0.4 is 4.72 Å². The molecule has 34 heavy (non-hydrogen) atoms. The fourth-order valence-electron chi connectivity index (χ4n) is 4.24. The molecule has 3 atom stereocenters. The molecule has 2 fully saturated rings. The third kappa shape index (κ3) is 6.24. The topological polar surface area (TPSA) is 96.0 Å². The number of ether oxygens (including phenoxy) is 1. The molecular formula is C22H30ClF2N3O5S. The monoisotopic (exact) mass is 521 g/mol. The fourth-order valence-corrected chi connectivity index (χ4v) is 5.75. The Morgan fingerprint density at radius 3 is 2.44 bits per heavy atom. The number of alkyl halides is 2.